The minimum Gasteiger partial charge on any atom is -0.489 e. The number of ether oxygens (including phenoxy) is 1. The summed E-state index contributed by atoms with van der Waals surface area (Å²) < 4.78 is 5.70. The van der Waals surface area contributed by atoms with Crippen LogP contribution in [0.3, 0.4) is 0 Å². The number of rotatable bonds is 0. The third kappa shape index (κ3) is 1.60. The minimum absolute atomic E-state index is 0.718. The molecule has 0 fully saturated rings. The van der Waals surface area contributed by atoms with Gasteiger partial charge in [-0.3, -0.25) is 0 Å². The fourth-order valence-electron chi connectivity index (χ4n) is 2.47. The summed E-state index contributed by atoms with van der Waals surface area (Å²) in [4.78, 5) is 11.5. The van der Waals surface area contributed by atoms with Gasteiger partial charge in [0.05, 0.1) is 34.3 Å². The van der Waals surface area contributed by atoms with Crippen molar-refractivity contribution in [3.8, 4) is 5.75 Å². The second kappa shape index (κ2) is 3.82. The van der Waals surface area contributed by atoms with Crippen LogP contribution in [0.2, 0.25) is 0 Å². The molecule has 2 heterocycles. The molecule has 0 atom stereocenters. The van der Waals surface area contributed by atoms with Crippen LogP contribution in [0.5, 0.6) is 5.75 Å². The summed E-state index contributed by atoms with van der Waals surface area (Å²) in [6, 6.07) is 12.0. The monoisotopic (exact) mass is 251 g/mol. The third-order valence-electron chi connectivity index (χ3n) is 3.52. The average molecular weight is 251 g/mol. The van der Waals surface area contributed by atoms with Crippen LogP contribution in [0.25, 0.3) is 22.1 Å². The van der Waals surface area contributed by atoms with E-state index in [4.69, 9.17) is 4.74 Å². The summed E-state index contributed by atoms with van der Waals surface area (Å²) in [5.41, 5.74) is 4.72. The molecule has 1 aliphatic heterocycles. The predicted molar refractivity (Wildman–Crippen MR) is 75.8 cm³/mol. The van der Waals surface area contributed by atoms with E-state index in [0.717, 1.165) is 46.7 Å². The highest BCUT2D eigenvalue weighted by atomic mass is 16.5. The Bertz CT molecular complexity index is 785. The molecule has 4 rings (SSSR count). The Morgan fingerprint density at radius 2 is 1.68 bits per heavy atom. The van der Waals surface area contributed by atoms with Crippen molar-refractivity contribution in [1.29, 1.82) is 0 Å². The van der Waals surface area contributed by atoms with Crippen LogP contribution in [0.4, 0.5) is 5.69 Å². The molecule has 2 aromatic carbocycles. The topological polar surface area (TPSA) is 38.2 Å². The lowest BCUT2D eigenvalue weighted by molar-refractivity contribution is 0.312. The van der Waals surface area contributed by atoms with Crippen LogP contribution in [-0.4, -0.2) is 30.2 Å². The molecule has 4 nitrogen and oxygen atoms in total. The predicted octanol–water partition coefficient (Wildman–Crippen LogP) is 2.61. The van der Waals surface area contributed by atoms with Gasteiger partial charge >= 0.3 is 0 Å². The normalized spacial score (nSPS) is 14.5. The first kappa shape index (κ1) is 10.6. The average Bonchev–Trinajstić information content (AvgIpc) is 2.44. The van der Waals surface area contributed by atoms with E-state index in [1.165, 1.54) is 0 Å². The van der Waals surface area contributed by atoms with Crippen molar-refractivity contribution in [3.63, 3.8) is 0 Å². The van der Waals surface area contributed by atoms with Gasteiger partial charge in [0.15, 0.2) is 0 Å². The van der Waals surface area contributed by atoms with Gasteiger partial charge < -0.3 is 9.64 Å². The zero-order chi connectivity index (χ0) is 12.8. The lowest BCUT2D eigenvalue weighted by atomic mass is 10.2. The highest BCUT2D eigenvalue weighted by molar-refractivity contribution is 5.90. The van der Waals surface area contributed by atoms with Gasteiger partial charge in [0.25, 0.3) is 0 Å². The van der Waals surface area contributed by atoms with E-state index in [-0.39, 0.29) is 0 Å². The molecular formula is C15H13N3O. The van der Waals surface area contributed by atoms with Gasteiger partial charge in [-0.1, -0.05) is 12.1 Å². The molecule has 0 amide bonds. The summed E-state index contributed by atoms with van der Waals surface area (Å²) in [7, 11) is 2.07. The van der Waals surface area contributed by atoms with Gasteiger partial charge in [-0.25, -0.2) is 9.97 Å². The number of anilines is 1. The van der Waals surface area contributed by atoms with Crippen molar-refractivity contribution in [2.24, 2.45) is 0 Å². The van der Waals surface area contributed by atoms with Crippen molar-refractivity contribution in [2.75, 3.05) is 25.1 Å². The van der Waals surface area contributed by atoms with Gasteiger partial charge in [0.2, 0.25) is 0 Å². The van der Waals surface area contributed by atoms with Crippen LogP contribution < -0.4 is 9.64 Å². The van der Waals surface area contributed by atoms with Gasteiger partial charge in [0, 0.05) is 13.1 Å². The van der Waals surface area contributed by atoms with E-state index in [9.17, 15) is 0 Å². The lowest BCUT2D eigenvalue weighted by Crippen LogP contribution is -2.28. The maximum absolute atomic E-state index is 5.70. The van der Waals surface area contributed by atoms with E-state index in [2.05, 4.69) is 28.0 Å². The molecule has 0 spiro atoms. The number of likely N-dealkylation sites (N-methyl/N-ethyl adjacent to an activating group) is 1. The van der Waals surface area contributed by atoms with E-state index < -0.39 is 0 Å². The Labute approximate surface area is 110 Å². The number of nitrogens with zero attached hydrogens (tertiary/aromatic N) is 3. The maximum Gasteiger partial charge on any atom is 0.144 e. The number of hydrogen-bond donors (Lipinski definition) is 0. The van der Waals surface area contributed by atoms with Crippen LogP contribution >= 0.6 is 0 Å². The molecule has 0 N–H and O–H groups in total. The zero-order valence-corrected chi connectivity index (χ0v) is 10.6. The highest BCUT2D eigenvalue weighted by Crippen LogP contribution is 2.34. The zero-order valence-electron chi connectivity index (χ0n) is 10.6. The SMILES string of the molecule is CN1CCOc2cc3nc4ccccc4nc3cc21. The second-order valence-corrected chi connectivity index (χ2v) is 4.79. The summed E-state index contributed by atoms with van der Waals surface area (Å²) in [6.07, 6.45) is 0. The molecule has 1 aliphatic rings. The molecule has 94 valence electrons. The summed E-state index contributed by atoms with van der Waals surface area (Å²) in [6.45, 7) is 1.62. The van der Waals surface area contributed by atoms with E-state index in [1.807, 2.05) is 30.3 Å². The molecule has 19 heavy (non-hydrogen) atoms. The fraction of sp³-hybridized carbons (Fsp3) is 0.200. The summed E-state index contributed by atoms with van der Waals surface area (Å²) in [5.74, 6) is 0.894. The number of hydrogen-bond acceptors (Lipinski definition) is 4. The molecule has 0 radical (unpaired) electrons. The van der Waals surface area contributed by atoms with E-state index >= 15 is 0 Å². The van der Waals surface area contributed by atoms with Gasteiger partial charge in [0.1, 0.15) is 12.4 Å². The Hall–Kier alpha value is -2.36. The molecule has 4 heteroatoms. The quantitative estimate of drug-likeness (QED) is 0.576. The molecule has 0 saturated carbocycles. The van der Waals surface area contributed by atoms with Crippen molar-refractivity contribution >= 4 is 27.8 Å². The summed E-state index contributed by atoms with van der Waals surface area (Å²) >= 11 is 0. The first-order valence-corrected chi connectivity index (χ1v) is 6.36. The van der Waals surface area contributed by atoms with Crippen LogP contribution in [0.15, 0.2) is 36.4 Å². The Kier molecular flexibility index (Phi) is 2.12. The highest BCUT2D eigenvalue weighted by Gasteiger charge is 2.16. The van der Waals surface area contributed by atoms with Gasteiger partial charge in [-0.2, -0.15) is 0 Å². The van der Waals surface area contributed by atoms with Crippen LogP contribution in [-0.2, 0) is 0 Å². The number of para-hydroxylation sites is 2. The molecular weight excluding hydrogens is 238 g/mol. The molecule has 0 bridgehead atoms. The van der Waals surface area contributed by atoms with Crippen molar-refractivity contribution in [1.82, 2.24) is 9.97 Å². The number of fused-ring (bicyclic) bond motifs is 3. The lowest BCUT2D eigenvalue weighted by Gasteiger charge is -2.27. The smallest absolute Gasteiger partial charge is 0.144 e. The second-order valence-electron chi connectivity index (χ2n) is 4.79. The largest absolute Gasteiger partial charge is 0.489 e. The Morgan fingerprint density at radius 3 is 2.42 bits per heavy atom. The Balaban J connectivity index is 2.04. The van der Waals surface area contributed by atoms with Crippen LogP contribution in [0.1, 0.15) is 0 Å². The molecule has 3 aromatic rings. The van der Waals surface area contributed by atoms with Crippen molar-refractivity contribution in [3.05, 3.63) is 36.4 Å². The minimum atomic E-state index is 0.718. The number of aromatic nitrogens is 2. The van der Waals surface area contributed by atoms with Crippen molar-refractivity contribution < 1.29 is 4.74 Å². The third-order valence-corrected chi connectivity index (χ3v) is 3.52. The Morgan fingerprint density at radius 1 is 1.00 bits per heavy atom. The first-order chi connectivity index (χ1) is 9.31. The molecule has 0 unspecified atom stereocenters. The maximum atomic E-state index is 5.70. The molecule has 0 saturated heterocycles. The number of benzene rings is 2. The van der Waals surface area contributed by atoms with E-state index in [0.29, 0.717) is 0 Å². The first-order valence-electron chi connectivity index (χ1n) is 6.36. The fourth-order valence-corrected chi connectivity index (χ4v) is 2.47. The van der Waals surface area contributed by atoms with E-state index in [1.54, 1.807) is 0 Å². The summed E-state index contributed by atoms with van der Waals surface area (Å²) in [5, 5.41) is 0. The van der Waals surface area contributed by atoms with Crippen LogP contribution in [0, 0.1) is 0 Å². The van der Waals surface area contributed by atoms with Gasteiger partial charge in [-0.15, -0.1) is 0 Å². The molecule has 1 aromatic heterocycles. The molecule has 0 aliphatic carbocycles. The van der Waals surface area contributed by atoms with Gasteiger partial charge in [-0.05, 0) is 18.2 Å². The standard InChI is InChI=1S/C15H13N3O/c1-18-6-7-19-15-9-13-12(8-14(15)18)16-10-4-2-3-5-11(10)17-13/h2-5,8-9H,6-7H2,1H3. The van der Waals surface area contributed by atoms with Crippen molar-refractivity contribution in [2.45, 2.75) is 0 Å².